The zero-order valence-corrected chi connectivity index (χ0v) is 34.7. The molecule has 6 heteroatoms. The number of rotatable bonds is 5. The fourth-order valence-corrected chi connectivity index (χ4v) is 9.90. The molecule has 0 N–H and O–H groups in total. The molecule has 10 aromatic carbocycles. The van der Waals surface area contributed by atoms with Crippen LogP contribution in [0.4, 0.5) is 0 Å². The van der Waals surface area contributed by atoms with E-state index < -0.39 is 0 Å². The molecule has 6 nitrogen and oxygen atoms in total. The highest BCUT2D eigenvalue weighted by Crippen LogP contribution is 2.43. The molecule has 4 aromatic heterocycles. The number of fused-ring (bicyclic) bond motifs is 11. The Labute approximate surface area is 371 Å². The van der Waals surface area contributed by atoms with E-state index in [2.05, 4.69) is 144 Å². The average molecular weight is 831 g/mol. The third-order valence-electron chi connectivity index (χ3n) is 13.0. The van der Waals surface area contributed by atoms with E-state index in [0.717, 1.165) is 88.4 Å². The summed E-state index contributed by atoms with van der Waals surface area (Å²) in [4.78, 5) is 15.3. The second kappa shape index (κ2) is 13.8. The largest absolute Gasteiger partial charge is 0.456 e. The van der Waals surface area contributed by atoms with Crippen molar-refractivity contribution < 1.29 is 8.83 Å². The van der Waals surface area contributed by atoms with Crippen LogP contribution in [0.3, 0.4) is 0 Å². The van der Waals surface area contributed by atoms with Gasteiger partial charge in [-0.15, -0.1) is 0 Å². The molecule has 14 rings (SSSR count). The van der Waals surface area contributed by atoms with Crippen molar-refractivity contribution in [3.05, 3.63) is 206 Å². The number of benzene rings is 10. The Hall–Kier alpha value is -8.87. The van der Waals surface area contributed by atoms with Crippen molar-refractivity contribution in [2.24, 2.45) is 0 Å². The van der Waals surface area contributed by atoms with E-state index in [-0.39, 0.29) is 0 Å². The predicted molar refractivity (Wildman–Crippen MR) is 265 cm³/mol. The average Bonchev–Trinajstić information content (AvgIpc) is 4.04. The fourth-order valence-electron chi connectivity index (χ4n) is 9.90. The van der Waals surface area contributed by atoms with Gasteiger partial charge < -0.3 is 13.4 Å². The summed E-state index contributed by atoms with van der Waals surface area (Å²) < 4.78 is 15.6. The van der Waals surface area contributed by atoms with Crippen LogP contribution in [0.25, 0.3) is 138 Å². The van der Waals surface area contributed by atoms with E-state index >= 15 is 0 Å². The number of hydrogen-bond donors (Lipinski definition) is 0. The summed E-state index contributed by atoms with van der Waals surface area (Å²) in [5.41, 5.74) is 11.3. The van der Waals surface area contributed by atoms with Gasteiger partial charge in [0.05, 0.1) is 27.7 Å². The Bertz CT molecular complexity index is 4140. The molecule has 0 amide bonds. The van der Waals surface area contributed by atoms with Crippen LogP contribution in [0.5, 0.6) is 0 Å². The first kappa shape index (κ1) is 35.7. The lowest BCUT2D eigenvalue weighted by molar-refractivity contribution is 0.669. The number of nitrogens with zero attached hydrogens (tertiary/aromatic N) is 4. The monoisotopic (exact) mass is 830 g/mol. The molecular formula is C59H34N4O2. The number of aromatic nitrogens is 4. The number of para-hydroxylation sites is 3. The zero-order chi connectivity index (χ0) is 42.6. The second-order valence-corrected chi connectivity index (χ2v) is 16.8. The predicted octanol–water partition coefficient (Wildman–Crippen LogP) is 15.7. The van der Waals surface area contributed by atoms with Crippen LogP contribution < -0.4 is 0 Å². The minimum absolute atomic E-state index is 0.550. The van der Waals surface area contributed by atoms with Gasteiger partial charge in [-0.05, 0) is 87.3 Å². The van der Waals surface area contributed by atoms with Gasteiger partial charge in [0, 0.05) is 38.1 Å². The molecule has 0 radical (unpaired) electrons. The minimum Gasteiger partial charge on any atom is -0.456 e. The highest BCUT2D eigenvalue weighted by atomic mass is 16.3. The molecule has 0 bridgehead atoms. The Morgan fingerprint density at radius 3 is 1.52 bits per heavy atom. The minimum atomic E-state index is 0.550. The van der Waals surface area contributed by atoms with Crippen LogP contribution in [-0.4, -0.2) is 19.5 Å². The van der Waals surface area contributed by atoms with Gasteiger partial charge in [-0.2, -0.15) is 0 Å². The summed E-state index contributed by atoms with van der Waals surface area (Å²) in [5, 5.41) is 11.5. The van der Waals surface area contributed by atoms with Crippen LogP contribution in [-0.2, 0) is 0 Å². The van der Waals surface area contributed by atoms with E-state index in [1.807, 2.05) is 66.7 Å². The van der Waals surface area contributed by atoms with Crippen molar-refractivity contribution in [2.45, 2.75) is 0 Å². The maximum absolute atomic E-state index is 6.72. The smallest absolute Gasteiger partial charge is 0.167 e. The van der Waals surface area contributed by atoms with E-state index in [1.165, 1.54) is 32.3 Å². The normalized spacial score (nSPS) is 12.0. The maximum Gasteiger partial charge on any atom is 0.167 e. The second-order valence-electron chi connectivity index (χ2n) is 16.8. The van der Waals surface area contributed by atoms with Crippen molar-refractivity contribution in [1.82, 2.24) is 19.5 Å². The molecule has 302 valence electrons. The van der Waals surface area contributed by atoms with Crippen molar-refractivity contribution in [2.75, 3.05) is 0 Å². The summed E-state index contributed by atoms with van der Waals surface area (Å²) in [5.74, 6) is 1.72. The summed E-state index contributed by atoms with van der Waals surface area (Å²) in [6.07, 6.45) is 0. The lowest BCUT2D eigenvalue weighted by atomic mass is 10.00. The Balaban J connectivity index is 0.966. The molecule has 0 aliphatic rings. The van der Waals surface area contributed by atoms with E-state index in [9.17, 15) is 0 Å². The number of hydrogen-bond acceptors (Lipinski definition) is 5. The number of furan rings is 2. The van der Waals surface area contributed by atoms with Crippen molar-refractivity contribution in [3.63, 3.8) is 0 Å². The maximum atomic E-state index is 6.72. The molecule has 14 aromatic rings. The van der Waals surface area contributed by atoms with Crippen LogP contribution >= 0.6 is 0 Å². The summed E-state index contributed by atoms with van der Waals surface area (Å²) >= 11 is 0. The third-order valence-corrected chi connectivity index (χ3v) is 13.0. The zero-order valence-electron chi connectivity index (χ0n) is 34.7. The summed E-state index contributed by atoms with van der Waals surface area (Å²) in [7, 11) is 0. The standard InChI is InChI=1S/C59H34N4O2/c1-2-13-36(14-3-1)57-60-58(62-59(61-57)46-22-12-21-44-43-19-8-10-23-52(43)65-56(44)46)37-27-25-35(26-28-37)42-33-51(55-45-20-9-11-24-53(45)64-54(55)34-42)63-49-31-40-17-6-4-15-38(40)29-47(49)48-30-39-16-5-7-18-41(39)32-50(48)63/h1-34H. The molecule has 0 fully saturated rings. The quantitative estimate of drug-likeness (QED) is 0.173. The Morgan fingerprint density at radius 1 is 0.323 bits per heavy atom. The van der Waals surface area contributed by atoms with Gasteiger partial charge >= 0.3 is 0 Å². The van der Waals surface area contributed by atoms with Crippen molar-refractivity contribution in [1.29, 1.82) is 0 Å². The first-order chi connectivity index (χ1) is 32.2. The van der Waals surface area contributed by atoms with Crippen LogP contribution in [0.1, 0.15) is 0 Å². The molecular weight excluding hydrogens is 797 g/mol. The van der Waals surface area contributed by atoms with E-state index in [1.54, 1.807) is 0 Å². The van der Waals surface area contributed by atoms with Gasteiger partial charge in [-0.25, -0.2) is 15.0 Å². The van der Waals surface area contributed by atoms with Crippen molar-refractivity contribution in [3.8, 4) is 51.0 Å². The topological polar surface area (TPSA) is 69.9 Å². The van der Waals surface area contributed by atoms with E-state index in [0.29, 0.717) is 17.5 Å². The summed E-state index contributed by atoms with van der Waals surface area (Å²) in [6.45, 7) is 0. The van der Waals surface area contributed by atoms with Gasteiger partial charge in [-0.3, -0.25) is 0 Å². The molecule has 0 saturated carbocycles. The SMILES string of the molecule is c1ccc(-c2nc(-c3ccc(-c4cc(-n5c6cc7ccccc7cc6c6cc7ccccc7cc65)c5c(c4)oc4ccccc45)cc3)nc(-c3cccc4c3oc3ccccc34)n2)cc1. The Kier molecular flexibility index (Phi) is 7.59. The first-order valence-corrected chi connectivity index (χ1v) is 21.8. The van der Waals surface area contributed by atoms with Gasteiger partial charge in [0.1, 0.15) is 22.3 Å². The van der Waals surface area contributed by atoms with E-state index in [4.69, 9.17) is 23.8 Å². The highest BCUT2D eigenvalue weighted by Gasteiger charge is 2.22. The fraction of sp³-hybridized carbons (Fsp3) is 0. The summed E-state index contributed by atoms with van der Waals surface area (Å²) in [6, 6.07) is 72.3. The van der Waals surface area contributed by atoms with Gasteiger partial charge in [0.15, 0.2) is 17.5 Å². The lowest BCUT2D eigenvalue weighted by Crippen LogP contribution is -2.00. The van der Waals surface area contributed by atoms with Gasteiger partial charge in [0.25, 0.3) is 0 Å². The van der Waals surface area contributed by atoms with Gasteiger partial charge in [0.2, 0.25) is 0 Å². The molecule has 0 saturated heterocycles. The van der Waals surface area contributed by atoms with Crippen LogP contribution in [0, 0.1) is 0 Å². The van der Waals surface area contributed by atoms with Crippen LogP contribution in [0.15, 0.2) is 215 Å². The Morgan fingerprint density at radius 2 is 0.846 bits per heavy atom. The van der Waals surface area contributed by atoms with Crippen LogP contribution in [0.2, 0.25) is 0 Å². The lowest BCUT2D eigenvalue weighted by Gasteiger charge is -2.14. The highest BCUT2D eigenvalue weighted by molar-refractivity contribution is 6.19. The molecule has 0 spiro atoms. The molecule has 0 unspecified atom stereocenters. The van der Waals surface area contributed by atoms with Crippen molar-refractivity contribution >= 4 is 87.2 Å². The molecule has 0 atom stereocenters. The molecule has 4 heterocycles. The first-order valence-electron chi connectivity index (χ1n) is 21.8. The molecule has 0 aliphatic carbocycles. The molecule has 0 aliphatic heterocycles. The molecule has 65 heavy (non-hydrogen) atoms. The third kappa shape index (κ3) is 5.57. The van der Waals surface area contributed by atoms with Gasteiger partial charge in [-0.1, -0.05) is 152 Å².